The van der Waals surface area contributed by atoms with Gasteiger partial charge in [0.1, 0.15) is 16.6 Å². The molecule has 1 heterocycles. The molecule has 0 atom stereocenters. The lowest BCUT2D eigenvalue weighted by atomic mass is 10.0. The third kappa shape index (κ3) is 3.31. The Bertz CT molecular complexity index is 697. The molecule has 116 valence electrons. The van der Waals surface area contributed by atoms with Gasteiger partial charge < -0.3 is 9.84 Å². The number of carboxylic acid groups (broad SMARTS) is 1. The Morgan fingerprint density at radius 2 is 2.14 bits per heavy atom. The van der Waals surface area contributed by atoms with Crippen molar-refractivity contribution in [2.24, 2.45) is 0 Å². The molecule has 0 spiro atoms. The summed E-state index contributed by atoms with van der Waals surface area (Å²) >= 11 is 6.17. The predicted molar refractivity (Wildman–Crippen MR) is 90.0 cm³/mol. The summed E-state index contributed by atoms with van der Waals surface area (Å²) in [5.41, 5.74) is 2.90. The number of carboxylic acids is 1. The van der Waals surface area contributed by atoms with E-state index in [0.29, 0.717) is 4.91 Å². The second-order valence-corrected chi connectivity index (χ2v) is 6.50. The third-order valence-corrected chi connectivity index (χ3v) is 4.70. The van der Waals surface area contributed by atoms with Crippen LogP contribution in [-0.2, 0) is 9.59 Å². The fourth-order valence-electron chi connectivity index (χ4n) is 2.07. The van der Waals surface area contributed by atoms with Crippen LogP contribution in [0.25, 0.3) is 6.08 Å². The van der Waals surface area contributed by atoms with Crippen molar-refractivity contribution in [3.05, 3.63) is 33.7 Å². The summed E-state index contributed by atoms with van der Waals surface area (Å²) in [5.74, 6) is -0.729. The number of rotatable bonds is 4. The molecule has 5 nitrogen and oxygen atoms in total. The number of thiocarbonyl (C=S) groups is 1. The molecule has 1 aromatic rings. The van der Waals surface area contributed by atoms with Crippen molar-refractivity contribution in [1.82, 2.24) is 4.90 Å². The molecule has 0 aromatic heterocycles. The van der Waals surface area contributed by atoms with Crippen LogP contribution in [0, 0.1) is 13.8 Å². The molecule has 1 amide bonds. The van der Waals surface area contributed by atoms with Crippen LogP contribution in [0.15, 0.2) is 17.0 Å². The standard InChI is InChI=1S/C15H15NO4S2/c1-8-4-10(5-11(20-3)9(8)2)6-12-14(19)16(7-13(17)18)15(21)22-12/h4-6H,7H2,1-3H3,(H,17,18)/b12-6-. The van der Waals surface area contributed by atoms with Crippen molar-refractivity contribution in [3.63, 3.8) is 0 Å². The smallest absolute Gasteiger partial charge is 0.323 e. The first-order chi connectivity index (χ1) is 10.3. The Morgan fingerprint density at radius 1 is 1.45 bits per heavy atom. The zero-order valence-corrected chi connectivity index (χ0v) is 14.0. The lowest BCUT2D eigenvalue weighted by molar-refractivity contribution is -0.140. The minimum atomic E-state index is -1.09. The van der Waals surface area contributed by atoms with Gasteiger partial charge in [0, 0.05) is 0 Å². The first-order valence-corrected chi connectivity index (χ1v) is 7.68. The van der Waals surface area contributed by atoms with E-state index in [1.54, 1.807) is 13.2 Å². The van der Waals surface area contributed by atoms with E-state index in [2.05, 4.69) is 0 Å². The number of ether oxygens (including phenoxy) is 1. The van der Waals surface area contributed by atoms with Crippen LogP contribution in [0.1, 0.15) is 16.7 Å². The van der Waals surface area contributed by atoms with Gasteiger partial charge in [-0.1, -0.05) is 30.0 Å². The van der Waals surface area contributed by atoms with E-state index in [9.17, 15) is 9.59 Å². The summed E-state index contributed by atoms with van der Waals surface area (Å²) < 4.78 is 5.58. The van der Waals surface area contributed by atoms with Gasteiger partial charge in [0.2, 0.25) is 0 Å². The highest BCUT2D eigenvalue weighted by Gasteiger charge is 2.33. The minimum absolute atomic E-state index is 0.259. The molecule has 1 aliphatic heterocycles. The van der Waals surface area contributed by atoms with Crippen molar-refractivity contribution in [1.29, 1.82) is 0 Å². The molecule has 0 unspecified atom stereocenters. The average molecular weight is 337 g/mol. The van der Waals surface area contributed by atoms with Crippen LogP contribution in [0.4, 0.5) is 0 Å². The van der Waals surface area contributed by atoms with Crippen LogP contribution in [0.2, 0.25) is 0 Å². The first kappa shape index (κ1) is 16.5. The van der Waals surface area contributed by atoms with Gasteiger partial charge in [-0.15, -0.1) is 0 Å². The molecule has 7 heteroatoms. The Kier molecular flexibility index (Phi) is 4.87. The summed E-state index contributed by atoms with van der Waals surface area (Å²) in [4.78, 5) is 24.5. The fraction of sp³-hybridized carbons (Fsp3) is 0.267. The molecule has 1 fully saturated rings. The normalized spacial score (nSPS) is 16.5. The minimum Gasteiger partial charge on any atom is -0.496 e. The fourth-order valence-corrected chi connectivity index (χ4v) is 3.33. The number of amides is 1. The molecule has 22 heavy (non-hydrogen) atoms. The average Bonchev–Trinajstić information content (AvgIpc) is 2.70. The topological polar surface area (TPSA) is 66.8 Å². The SMILES string of the molecule is COc1cc(/C=C2\SC(=S)N(CC(=O)O)C2=O)cc(C)c1C. The van der Waals surface area contributed by atoms with Gasteiger partial charge >= 0.3 is 5.97 Å². The molecular formula is C15H15NO4S2. The highest BCUT2D eigenvalue weighted by Crippen LogP contribution is 2.33. The molecule has 1 aliphatic rings. The number of carbonyl (C=O) groups excluding carboxylic acids is 1. The molecule has 2 rings (SSSR count). The molecule has 0 saturated carbocycles. The molecular weight excluding hydrogens is 322 g/mol. The maximum Gasteiger partial charge on any atom is 0.323 e. The van der Waals surface area contributed by atoms with E-state index in [1.807, 2.05) is 26.0 Å². The van der Waals surface area contributed by atoms with Gasteiger partial charge in [-0.25, -0.2) is 0 Å². The van der Waals surface area contributed by atoms with Gasteiger partial charge in [-0.2, -0.15) is 0 Å². The van der Waals surface area contributed by atoms with E-state index in [4.69, 9.17) is 22.1 Å². The molecule has 0 aliphatic carbocycles. The van der Waals surface area contributed by atoms with Gasteiger partial charge in [0.05, 0.1) is 12.0 Å². The highest BCUT2D eigenvalue weighted by molar-refractivity contribution is 8.26. The van der Waals surface area contributed by atoms with Crippen LogP contribution >= 0.6 is 24.0 Å². The Morgan fingerprint density at radius 3 is 2.73 bits per heavy atom. The zero-order valence-electron chi connectivity index (χ0n) is 12.4. The molecule has 1 saturated heterocycles. The summed E-state index contributed by atoms with van der Waals surface area (Å²) in [7, 11) is 1.60. The second kappa shape index (κ2) is 6.50. The summed E-state index contributed by atoms with van der Waals surface area (Å²) in [5, 5.41) is 8.82. The summed E-state index contributed by atoms with van der Waals surface area (Å²) in [6.45, 7) is 3.51. The molecule has 1 N–H and O–H groups in total. The van der Waals surface area contributed by atoms with E-state index >= 15 is 0 Å². The summed E-state index contributed by atoms with van der Waals surface area (Å²) in [6.07, 6.45) is 1.70. The van der Waals surface area contributed by atoms with E-state index in [1.165, 1.54) is 0 Å². The number of hydrogen-bond acceptors (Lipinski definition) is 5. The third-order valence-electron chi connectivity index (χ3n) is 3.33. The van der Waals surface area contributed by atoms with Crippen LogP contribution < -0.4 is 4.74 Å². The lowest BCUT2D eigenvalue weighted by Gasteiger charge is -2.10. The van der Waals surface area contributed by atoms with Crippen molar-refractivity contribution in [2.45, 2.75) is 13.8 Å². The largest absolute Gasteiger partial charge is 0.496 e. The number of carbonyl (C=O) groups is 2. The number of aliphatic carboxylic acids is 1. The zero-order chi connectivity index (χ0) is 16.4. The Hall–Kier alpha value is -1.86. The molecule has 0 radical (unpaired) electrons. The van der Waals surface area contributed by atoms with Crippen molar-refractivity contribution in [2.75, 3.05) is 13.7 Å². The maximum absolute atomic E-state index is 12.2. The first-order valence-electron chi connectivity index (χ1n) is 6.46. The number of thioether (sulfide) groups is 1. The van der Waals surface area contributed by atoms with Crippen molar-refractivity contribution < 1.29 is 19.4 Å². The van der Waals surface area contributed by atoms with E-state index < -0.39 is 12.5 Å². The second-order valence-electron chi connectivity index (χ2n) is 4.83. The monoisotopic (exact) mass is 337 g/mol. The van der Waals surface area contributed by atoms with Gasteiger partial charge in [-0.3, -0.25) is 14.5 Å². The maximum atomic E-state index is 12.2. The van der Waals surface area contributed by atoms with Crippen LogP contribution in [0.3, 0.4) is 0 Å². The van der Waals surface area contributed by atoms with Gasteiger partial charge in [-0.05, 0) is 42.7 Å². The van der Waals surface area contributed by atoms with Crippen LogP contribution in [0.5, 0.6) is 5.75 Å². The van der Waals surface area contributed by atoms with Crippen LogP contribution in [-0.4, -0.2) is 39.9 Å². The lowest BCUT2D eigenvalue weighted by Crippen LogP contribution is -2.33. The van der Waals surface area contributed by atoms with Crippen molar-refractivity contribution >= 4 is 46.3 Å². The van der Waals surface area contributed by atoms with E-state index in [-0.39, 0.29) is 10.2 Å². The Balaban J connectivity index is 2.34. The summed E-state index contributed by atoms with van der Waals surface area (Å²) in [6, 6.07) is 3.79. The van der Waals surface area contributed by atoms with E-state index in [0.717, 1.165) is 39.1 Å². The Labute approximate surface area is 137 Å². The highest BCUT2D eigenvalue weighted by atomic mass is 32.2. The molecule has 0 bridgehead atoms. The van der Waals surface area contributed by atoms with Crippen molar-refractivity contribution in [3.8, 4) is 5.75 Å². The number of benzene rings is 1. The number of hydrogen-bond donors (Lipinski definition) is 1. The predicted octanol–water partition coefficient (Wildman–Crippen LogP) is 2.60. The number of nitrogens with zero attached hydrogens (tertiary/aromatic N) is 1. The quantitative estimate of drug-likeness (QED) is 0.673. The number of methoxy groups -OCH3 is 1. The molecule has 1 aromatic carbocycles. The number of aryl methyl sites for hydroxylation is 1. The van der Waals surface area contributed by atoms with Gasteiger partial charge in [0.15, 0.2) is 0 Å². The van der Waals surface area contributed by atoms with Gasteiger partial charge in [0.25, 0.3) is 5.91 Å².